The molecule has 7 nitrogen and oxygen atoms in total. The average Bonchev–Trinajstić information content (AvgIpc) is 2.72. The summed E-state index contributed by atoms with van der Waals surface area (Å²) in [5, 5.41) is 14.4. The van der Waals surface area contributed by atoms with Crippen LogP contribution in [0.2, 0.25) is 0 Å². The van der Waals surface area contributed by atoms with E-state index in [4.69, 9.17) is 14.7 Å². The first kappa shape index (κ1) is 22.2. The Bertz CT molecular complexity index is 897. The maximum absolute atomic E-state index is 12.2. The minimum Gasteiger partial charge on any atom is -0.490 e. The van der Waals surface area contributed by atoms with Crippen molar-refractivity contribution in [2.24, 2.45) is 0 Å². The van der Waals surface area contributed by atoms with Gasteiger partial charge in [-0.1, -0.05) is 30.3 Å². The van der Waals surface area contributed by atoms with E-state index < -0.39 is 11.9 Å². The van der Waals surface area contributed by atoms with Crippen molar-refractivity contribution >= 4 is 27.7 Å². The van der Waals surface area contributed by atoms with Crippen LogP contribution in [0.1, 0.15) is 25.0 Å². The molecule has 0 heterocycles. The van der Waals surface area contributed by atoms with E-state index in [9.17, 15) is 9.59 Å². The zero-order valence-corrected chi connectivity index (χ0v) is 17.8. The lowest BCUT2D eigenvalue weighted by Gasteiger charge is -2.16. The molecule has 0 spiro atoms. The highest BCUT2D eigenvalue weighted by Crippen LogP contribution is 2.36. The number of rotatable bonds is 9. The first-order valence-electron chi connectivity index (χ1n) is 9.04. The lowest BCUT2D eigenvalue weighted by molar-refractivity contribution is -0.129. The quantitative estimate of drug-likeness (QED) is 0.600. The van der Waals surface area contributed by atoms with E-state index >= 15 is 0 Å². The van der Waals surface area contributed by atoms with Crippen molar-refractivity contribution in [1.82, 2.24) is 10.6 Å². The smallest absolute Gasteiger partial charge is 0.258 e. The summed E-state index contributed by atoms with van der Waals surface area (Å²) in [6.07, 6.45) is 0. The fourth-order valence-corrected chi connectivity index (χ4v) is 3.02. The zero-order chi connectivity index (χ0) is 21.2. The van der Waals surface area contributed by atoms with Crippen LogP contribution in [-0.4, -0.2) is 31.1 Å². The van der Waals surface area contributed by atoms with E-state index in [2.05, 4.69) is 26.6 Å². The number of carbonyl (C=O) groups is 2. The molecule has 8 heteroatoms. The van der Waals surface area contributed by atoms with Crippen molar-refractivity contribution in [3.05, 3.63) is 58.1 Å². The molecule has 2 rings (SSSR count). The molecule has 0 bridgehead atoms. The van der Waals surface area contributed by atoms with Gasteiger partial charge in [0, 0.05) is 12.6 Å². The number of ether oxygens (including phenoxy) is 2. The second-order valence-electron chi connectivity index (χ2n) is 6.11. The summed E-state index contributed by atoms with van der Waals surface area (Å²) >= 11 is 3.32. The predicted octanol–water partition coefficient (Wildman–Crippen LogP) is 2.92. The summed E-state index contributed by atoms with van der Waals surface area (Å²) in [7, 11) is 0. The van der Waals surface area contributed by atoms with Gasteiger partial charge in [0.05, 0.1) is 22.7 Å². The second kappa shape index (κ2) is 11.1. The van der Waals surface area contributed by atoms with Crippen LogP contribution in [-0.2, 0) is 16.1 Å². The van der Waals surface area contributed by atoms with E-state index in [-0.39, 0.29) is 12.5 Å². The normalized spacial score (nSPS) is 11.1. The molecule has 2 amide bonds. The summed E-state index contributed by atoms with van der Waals surface area (Å²) in [5.41, 5.74) is 1.37. The molecule has 2 aromatic carbocycles. The van der Waals surface area contributed by atoms with Gasteiger partial charge in [0.15, 0.2) is 18.1 Å². The molecule has 0 saturated heterocycles. The fourth-order valence-electron chi connectivity index (χ4n) is 2.46. The number of nitrogens with one attached hydrogen (secondary N) is 2. The number of hydrogen-bond donors (Lipinski definition) is 2. The van der Waals surface area contributed by atoms with E-state index in [0.717, 1.165) is 5.56 Å². The SMILES string of the molecule is CCOc1cc(C#N)cc(Br)c1OCC(=O)NC(C)C(=O)NCc1ccccc1. The van der Waals surface area contributed by atoms with Crippen LogP contribution in [0.15, 0.2) is 46.9 Å². The highest BCUT2D eigenvalue weighted by molar-refractivity contribution is 9.10. The molecule has 2 aromatic rings. The molecule has 0 aromatic heterocycles. The Balaban J connectivity index is 1.89. The molecule has 0 fully saturated rings. The molecule has 0 saturated carbocycles. The van der Waals surface area contributed by atoms with E-state index in [0.29, 0.717) is 34.7 Å². The second-order valence-corrected chi connectivity index (χ2v) is 6.97. The Labute approximate surface area is 178 Å². The van der Waals surface area contributed by atoms with Crippen LogP contribution in [0.4, 0.5) is 0 Å². The van der Waals surface area contributed by atoms with Crippen LogP contribution in [0.25, 0.3) is 0 Å². The van der Waals surface area contributed by atoms with Gasteiger partial charge < -0.3 is 20.1 Å². The number of carbonyl (C=O) groups excluding carboxylic acids is 2. The minimum atomic E-state index is -0.717. The largest absolute Gasteiger partial charge is 0.490 e. The number of hydrogen-bond acceptors (Lipinski definition) is 5. The van der Waals surface area contributed by atoms with Gasteiger partial charge in [-0.3, -0.25) is 9.59 Å². The first-order chi connectivity index (χ1) is 13.9. The van der Waals surface area contributed by atoms with Crippen molar-refractivity contribution in [2.75, 3.05) is 13.2 Å². The standard InChI is InChI=1S/C21H22BrN3O4/c1-3-28-18-10-16(11-23)9-17(22)20(18)29-13-19(26)25-14(2)21(27)24-12-15-7-5-4-6-8-15/h4-10,14H,3,12-13H2,1-2H3,(H,24,27)(H,25,26). The lowest BCUT2D eigenvalue weighted by Crippen LogP contribution is -2.46. The van der Waals surface area contributed by atoms with Crippen LogP contribution in [0.3, 0.4) is 0 Å². The van der Waals surface area contributed by atoms with Gasteiger partial charge in [0.2, 0.25) is 5.91 Å². The third-order valence-corrected chi connectivity index (χ3v) is 4.46. The molecule has 1 unspecified atom stereocenters. The molecular formula is C21H22BrN3O4. The van der Waals surface area contributed by atoms with E-state index in [1.54, 1.807) is 26.0 Å². The third-order valence-electron chi connectivity index (χ3n) is 3.87. The number of halogens is 1. The van der Waals surface area contributed by atoms with Crippen LogP contribution in [0.5, 0.6) is 11.5 Å². The Kier molecular flexibility index (Phi) is 8.49. The number of nitriles is 1. The molecule has 0 aliphatic rings. The van der Waals surface area contributed by atoms with Crippen LogP contribution < -0.4 is 20.1 Å². The molecule has 29 heavy (non-hydrogen) atoms. The Morgan fingerprint density at radius 3 is 2.59 bits per heavy atom. The Morgan fingerprint density at radius 2 is 1.93 bits per heavy atom. The van der Waals surface area contributed by atoms with Gasteiger partial charge in [-0.25, -0.2) is 0 Å². The van der Waals surface area contributed by atoms with Gasteiger partial charge in [0.25, 0.3) is 5.91 Å². The Morgan fingerprint density at radius 1 is 1.21 bits per heavy atom. The summed E-state index contributed by atoms with van der Waals surface area (Å²) < 4.78 is 11.6. The monoisotopic (exact) mass is 459 g/mol. The van der Waals surface area contributed by atoms with Crippen molar-refractivity contribution < 1.29 is 19.1 Å². The zero-order valence-electron chi connectivity index (χ0n) is 16.2. The van der Waals surface area contributed by atoms with Gasteiger partial charge in [-0.2, -0.15) is 5.26 Å². The van der Waals surface area contributed by atoms with Gasteiger partial charge in [0.1, 0.15) is 6.04 Å². The maximum atomic E-state index is 12.2. The molecule has 0 aliphatic heterocycles. The molecule has 0 aliphatic carbocycles. The molecule has 2 N–H and O–H groups in total. The molecule has 1 atom stereocenters. The van der Waals surface area contributed by atoms with Crippen LogP contribution in [0, 0.1) is 11.3 Å². The summed E-state index contributed by atoms with van der Waals surface area (Å²) in [6, 6.07) is 13.9. The van der Waals surface area contributed by atoms with Crippen molar-refractivity contribution in [3.63, 3.8) is 0 Å². The third kappa shape index (κ3) is 6.80. The van der Waals surface area contributed by atoms with Crippen LogP contribution >= 0.6 is 15.9 Å². The minimum absolute atomic E-state index is 0.295. The van der Waals surface area contributed by atoms with Gasteiger partial charge >= 0.3 is 0 Å². The summed E-state index contributed by atoms with van der Waals surface area (Å²) in [6.45, 7) is 3.86. The molecular weight excluding hydrogens is 438 g/mol. The average molecular weight is 460 g/mol. The summed E-state index contributed by atoms with van der Waals surface area (Å²) in [4.78, 5) is 24.3. The molecule has 152 valence electrons. The number of nitrogens with zero attached hydrogens (tertiary/aromatic N) is 1. The first-order valence-corrected chi connectivity index (χ1v) is 9.84. The van der Waals surface area contributed by atoms with Crippen molar-refractivity contribution in [1.29, 1.82) is 5.26 Å². The topological polar surface area (TPSA) is 100 Å². The number of benzene rings is 2. The summed E-state index contributed by atoms with van der Waals surface area (Å²) in [5.74, 6) is -0.0649. The fraction of sp³-hybridized carbons (Fsp3) is 0.286. The Hall–Kier alpha value is -3.05. The van der Waals surface area contributed by atoms with E-state index in [1.807, 2.05) is 36.4 Å². The van der Waals surface area contributed by atoms with E-state index in [1.165, 1.54) is 0 Å². The highest BCUT2D eigenvalue weighted by atomic mass is 79.9. The van der Waals surface area contributed by atoms with Gasteiger partial charge in [-0.05, 0) is 41.4 Å². The predicted molar refractivity (Wildman–Crippen MR) is 111 cm³/mol. The number of amides is 2. The maximum Gasteiger partial charge on any atom is 0.258 e. The molecule has 0 radical (unpaired) electrons. The lowest BCUT2D eigenvalue weighted by atomic mass is 10.2. The van der Waals surface area contributed by atoms with Crippen molar-refractivity contribution in [2.45, 2.75) is 26.4 Å². The van der Waals surface area contributed by atoms with Gasteiger partial charge in [-0.15, -0.1) is 0 Å². The van der Waals surface area contributed by atoms with Crippen molar-refractivity contribution in [3.8, 4) is 17.6 Å². The highest BCUT2D eigenvalue weighted by Gasteiger charge is 2.18.